The molecule has 3 aromatic rings. The molecule has 9 heteroatoms. The molecule has 0 fully saturated rings. The van der Waals surface area contributed by atoms with Crippen LogP contribution in [0.2, 0.25) is 0 Å². The lowest BCUT2D eigenvalue weighted by atomic mass is 10.1. The second-order valence-electron chi connectivity index (χ2n) is 6.44. The molecular formula is C21H18N4O5. The predicted octanol–water partition coefficient (Wildman–Crippen LogP) is 3.89. The summed E-state index contributed by atoms with van der Waals surface area (Å²) in [4.78, 5) is 34.0. The van der Waals surface area contributed by atoms with E-state index < -0.39 is 10.8 Å². The van der Waals surface area contributed by atoms with Crippen molar-refractivity contribution in [3.63, 3.8) is 0 Å². The second kappa shape index (κ2) is 8.82. The number of nitro benzene ring substituents is 1. The molecule has 0 radical (unpaired) electrons. The summed E-state index contributed by atoms with van der Waals surface area (Å²) in [6, 6.07) is 14.4. The molecule has 0 saturated heterocycles. The standard InChI is InChI=1S/C21H18N4O5/c1-13-3-9-18(19(11-13)25(28)29)20-10-8-17(30-20)12-22-24-21(27)15-4-6-16(7-5-15)23-14(2)26/h3-12H,1-2H3,(H,23,26)(H,24,27)/b22-12-. The van der Waals surface area contributed by atoms with Crippen LogP contribution in [-0.4, -0.2) is 23.0 Å². The molecule has 2 aromatic carbocycles. The zero-order chi connectivity index (χ0) is 21.7. The first-order chi connectivity index (χ1) is 14.3. The van der Waals surface area contributed by atoms with E-state index in [0.29, 0.717) is 28.3 Å². The zero-order valence-electron chi connectivity index (χ0n) is 16.2. The molecule has 1 aromatic heterocycles. The van der Waals surface area contributed by atoms with Gasteiger partial charge in [-0.2, -0.15) is 5.10 Å². The second-order valence-corrected chi connectivity index (χ2v) is 6.44. The molecule has 2 amide bonds. The van der Waals surface area contributed by atoms with E-state index in [0.717, 1.165) is 5.56 Å². The first-order valence-corrected chi connectivity index (χ1v) is 8.90. The molecule has 152 valence electrons. The van der Waals surface area contributed by atoms with Gasteiger partial charge in [-0.25, -0.2) is 5.43 Å². The molecule has 0 spiro atoms. The maximum Gasteiger partial charge on any atom is 0.280 e. The highest BCUT2D eigenvalue weighted by atomic mass is 16.6. The lowest BCUT2D eigenvalue weighted by Gasteiger charge is -2.03. The maximum atomic E-state index is 12.1. The highest BCUT2D eigenvalue weighted by molar-refractivity contribution is 5.96. The summed E-state index contributed by atoms with van der Waals surface area (Å²) in [7, 11) is 0. The fraction of sp³-hybridized carbons (Fsp3) is 0.0952. The van der Waals surface area contributed by atoms with Crippen molar-refractivity contribution in [1.29, 1.82) is 0 Å². The highest BCUT2D eigenvalue weighted by Gasteiger charge is 2.18. The number of furan rings is 1. The van der Waals surface area contributed by atoms with Gasteiger partial charge in [0.15, 0.2) is 0 Å². The van der Waals surface area contributed by atoms with Crippen molar-refractivity contribution < 1.29 is 18.9 Å². The van der Waals surface area contributed by atoms with Gasteiger partial charge in [-0.05, 0) is 55.0 Å². The molecule has 0 saturated carbocycles. The average molecular weight is 406 g/mol. The van der Waals surface area contributed by atoms with Gasteiger partial charge in [0, 0.05) is 24.2 Å². The first-order valence-electron chi connectivity index (χ1n) is 8.90. The van der Waals surface area contributed by atoms with Crippen LogP contribution in [-0.2, 0) is 4.79 Å². The number of aryl methyl sites for hydroxylation is 1. The van der Waals surface area contributed by atoms with Gasteiger partial charge in [-0.1, -0.05) is 6.07 Å². The number of nitro groups is 1. The summed E-state index contributed by atoms with van der Waals surface area (Å²) in [6.45, 7) is 3.17. The number of carbonyl (C=O) groups excluding carboxylic acids is 2. The van der Waals surface area contributed by atoms with E-state index in [1.165, 1.54) is 19.2 Å². The number of rotatable bonds is 6. The fourth-order valence-corrected chi connectivity index (χ4v) is 2.70. The third kappa shape index (κ3) is 4.96. The van der Waals surface area contributed by atoms with Gasteiger partial charge >= 0.3 is 0 Å². The van der Waals surface area contributed by atoms with Crippen LogP contribution in [0.25, 0.3) is 11.3 Å². The van der Waals surface area contributed by atoms with Crippen LogP contribution in [0, 0.1) is 17.0 Å². The number of carbonyl (C=O) groups is 2. The van der Waals surface area contributed by atoms with Crippen LogP contribution in [0.4, 0.5) is 11.4 Å². The predicted molar refractivity (Wildman–Crippen MR) is 111 cm³/mol. The summed E-state index contributed by atoms with van der Waals surface area (Å²) in [5, 5.41) is 17.7. The Bertz CT molecular complexity index is 1130. The van der Waals surface area contributed by atoms with Crippen LogP contribution in [0.1, 0.15) is 28.6 Å². The topological polar surface area (TPSA) is 127 Å². The van der Waals surface area contributed by atoms with E-state index in [1.54, 1.807) is 55.5 Å². The van der Waals surface area contributed by atoms with E-state index in [4.69, 9.17) is 4.42 Å². The molecule has 0 aliphatic heterocycles. The Balaban J connectivity index is 1.67. The molecule has 0 unspecified atom stereocenters. The highest BCUT2D eigenvalue weighted by Crippen LogP contribution is 2.31. The monoisotopic (exact) mass is 406 g/mol. The average Bonchev–Trinajstić information content (AvgIpc) is 3.16. The maximum absolute atomic E-state index is 12.1. The Morgan fingerprint density at radius 3 is 2.50 bits per heavy atom. The van der Waals surface area contributed by atoms with Crippen molar-refractivity contribution in [1.82, 2.24) is 5.43 Å². The third-order valence-corrected chi connectivity index (χ3v) is 4.07. The van der Waals surface area contributed by atoms with Crippen molar-refractivity contribution in [2.75, 3.05) is 5.32 Å². The zero-order valence-corrected chi connectivity index (χ0v) is 16.2. The van der Waals surface area contributed by atoms with Gasteiger partial charge in [-0.15, -0.1) is 0 Å². The van der Waals surface area contributed by atoms with E-state index in [1.807, 2.05) is 0 Å². The largest absolute Gasteiger partial charge is 0.455 e. The number of nitrogens with zero attached hydrogens (tertiary/aromatic N) is 2. The SMILES string of the molecule is CC(=O)Nc1ccc(C(=O)N/N=C\c2ccc(-c3ccc(C)cc3[N+](=O)[O-])o2)cc1. The third-order valence-electron chi connectivity index (χ3n) is 4.07. The summed E-state index contributed by atoms with van der Waals surface area (Å²) in [5.41, 5.74) is 4.38. The molecule has 9 nitrogen and oxygen atoms in total. The molecule has 30 heavy (non-hydrogen) atoms. The number of benzene rings is 2. The number of hydrazone groups is 1. The lowest BCUT2D eigenvalue weighted by molar-refractivity contribution is -0.384. The van der Waals surface area contributed by atoms with E-state index in [9.17, 15) is 19.7 Å². The Morgan fingerprint density at radius 2 is 1.83 bits per heavy atom. The van der Waals surface area contributed by atoms with Gasteiger partial charge in [-0.3, -0.25) is 19.7 Å². The van der Waals surface area contributed by atoms with Gasteiger partial charge in [0.05, 0.1) is 16.7 Å². The quantitative estimate of drug-likeness (QED) is 0.365. The van der Waals surface area contributed by atoms with Crippen molar-refractivity contribution in [3.8, 4) is 11.3 Å². The molecule has 0 aliphatic rings. The minimum absolute atomic E-state index is 0.0520. The van der Waals surface area contributed by atoms with Crippen molar-refractivity contribution in [2.24, 2.45) is 5.10 Å². The number of nitrogens with one attached hydrogen (secondary N) is 2. The van der Waals surface area contributed by atoms with Crippen molar-refractivity contribution >= 4 is 29.4 Å². The fourth-order valence-electron chi connectivity index (χ4n) is 2.70. The van der Waals surface area contributed by atoms with Crippen LogP contribution in [0.15, 0.2) is 64.1 Å². The van der Waals surface area contributed by atoms with Crippen LogP contribution < -0.4 is 10.7 Å². The summed E-state index contributed by atoms with van der Waals surface area (Å²) < 4.78 is 5.60. The van der Waals surface area contributed by atoms with Gasteiger partial charge in [0.2, 0.25) is 5.91 Å². The Morgan fingerprint density at radius 1 is 1.10 bits per heavy atom. The molecule has 2 N–H and O–H groups in total. The Hall–Kier alpha value is -4.27. The van der Waals surface area contributed by atoms with E-state index in [-0.39, 0.29) is 11.6 Å². The minimum atomic E-state index is -0.462. The number of anilines is 1. The van der Waals surface area contributed by atoms with Crippen molar-refractivity contribution in [2.45, 2.75) is 13.8 Å². The van der Waals surface area contributed by atoms with Crippen LogP contribution in [0.5, 0.6) is 0 Å². The molecule has 0 aliphatic carbocycles. The Labute approximate surface area is 171 Å². The summed E-state index contributed by atoms with van der Waals surface area (Å²) in [6.07, 6.45) is 1.30. The lowest BCUT2D eigenvalue weighted by Crippen LogP contribution is -2.17. The minimum Gasteiger partial charge on any atom is -0.455 e. The number of amides is 2. The smallest absolute Gasteiger partial charge is 0.280 e. The molecule has 1 heterocycles. The van der Waals surface area contributed by atoms with Crippen LogP contribution in [0.3, 0.4) is 0 Å². The van der Waals surface area contributed by atoms with Crippen LogP contribution >= 0.6 is 0 Å². The molecule has 0 atom stereocenters. The molecular weight excluding hydrogens is 388 g/mol. The molecule has 0 bridgehead atoms. The first kappa shape index (κ1) is 20.5. The molecule has 3 rings (SSSR count). The summed E-state index contributed by atoms with van der Waals surface area (Å²) >= 11 is 0. The van der Waals surface area contributed by atoms with Crippen molar-refractivity contribution in [3.05, 3.63) is 81.6 Å². The van der Waals surface area contributed by atoms with E-state index in [2.05, 4.69) is 15.8 Å². The summed E-state index contributed by atoms with van der Waals surface area (Å²) in [5.74, 6) is -0.00335. The van der Waals surface area contributed by atoms with Gasteiger partial charge < -0.3 is 9.73 Å². The Kier molecular flexibility index (Phi) is 6.02. The number of hydrogen-bond acceptors (Lipinski definition) is 6. The normalized spacial score (nSPS) is 10.7. The van der Waals surface area contributed by atoms with Gasteiger partial charge in [0.1, 0.15) is 11.5 Å². The number of hydrogen-bond donors (Lipinski definition) is 2. The van der Waals surface area contributed by atoms with E-state index >= 15 is 0 Å². The van der Waals surface area contributed by atoms with Gasteiger partial charge in [0.25, 0.3) is 11.6 Å².